The second-order valence-electron chi connectivity index (χ2n) is 10.1. The number of alkyl halides is 6. The van der Waals surface area contributed by atoms with Gasteiger partial charge in [0, 0.05) is 5.56 Å². The van der Waals surface area contributed by atoms with Crippen molar-refractivity contribution in [3.63, 3.8) is 0 Å². The van der Waals surface area contributed by atoms with Gasteiger partial charge in [-0.25, -0.2) is 9.97 Å². The Morgan fingerprint density at radius 1 is 0.422 bits per heavy atom. The molecule has 0 N–H and O–H groups in total. The van der Waals surface area contributed by atoms with Crippen LogP contribution in [-0.4, -0.2) is 9.97 Å². The Morgan fingerprint density at radius 2 is 0.778 bits per heavy atom. The summed E-state index contributed by atoms with van der Waals surface area (Å²) in [5, 5.41) is 0. The second-order valence-corrected chi connectivity index (χ2v) is 10.1. The molecule has 4 nitrogen and oxygen atoms in total. The zero-order chi connectivity index (χ0) is 30.6. The maximum absolute atomic E-state index is 14.7. The zero-order valence-corrected chi connectivity index (χ0v) is 26.1. The van der Waals surface area contributed by atoms with Crippen molar-refractivity contribution in [2.45, 2.75) is 12.4 Å². The van der Waals surface area contributed by atoms with E-state index in [2.05, 4.69) is 19.9 Å². The summed E-state index contributed by atoms with van der Waals surface area (Å²) in [6.07, 6.45) is -4.37. The number of halogens is 6. The zero-order valence-electron chi connectivity index (χ0n) is 23.2. The molecule has 2 aliphatic rings. The van der Waals surface area contributed by atoms with Gasteiger partial charge in [0.05, 0.1) is 22.8 Å². The van der Waals surface area contributed by atoms with Crippen LogP contribution in [-0.2, 0) is 31.8 Å². The molecule has 45 heavy (non-hydrogen) atoms. The van der Waals surface area contributed by atoms with E-state index in [0.717, 1.165) is 0 Å². The molecule has 0 aliphatic carbocycles. The molecule has 0 fully saturated rings. The van der Waals surface area contributed by atoms with Crippen molar-refractivity contribution in [1.29, 1.82) is 0 Å². The molecule has 5 aromatic rings. The van der Waals surface area contributed by atoms with Crippen molar-refractivity contribution in [2.24, 2.45) is 0 Å². The molecule has 0 unspecified atom stereocenters. The van der Waals surface area contributed by atoms with E-state index < -0.39 is 23.5 Å². The Bertz CT molecular complexity index is 2000. The minimum absolute atomic E-state index is 0. The summed E-state index contributed by atoms with van der Waals surface area (Å²) in [4.78, 5) is 17.4. The Balaban J connectivity index is 0.00000357. The first kappa shape index (κ1) is 30.3. The van der Waals surface area contributed by atoms with E-state index in [9.17, 15) is 26.3 Å². The van der Waals surface area contributed by atoms with Crippen molar-refractivity contribution in [3.8, 4) is 22.3 Å². The monoisotopic (exact) mass is 660 g/mol. The van der Waals surface area contributed by atoms with Gasteiger partial charge in [-0.05, 0) is 46.6 Å². The molecule has 0 saturated carbocycles. The van der Waals surface area contributed by atoms with Crippen molar-refractivity contribution >= 4 is 46.4 Å². The van der Waals surface area contributed by atoms with Crippen LogP contribution in [0.25, 0.3) is 68.6 Å². The first-order valence-electron chi connectivity index (χ1n) is 13.4. The normalized spacial score (nSPS) is 12.8. The predicted molar refractivity (Wildman–Crippen MR) is 158 cm³/mol. The minimum atomic E-state index is -4.82. The van der Waals surface area contributed by atoms with Crippen LogP contribution in [0.15, 0.2) is 84.9 Å². The van der Waals surface area contributed by atoms with Crippen LogP contribution in [0.3, 0.4) is 0 Å². The van der Waals surface area contributed by atoms with E-state index in [0.29, 0.717) is 11.1 Å². The summed E-state index contributed by atoms with van der Waals surface area (Å²) >= 11 is 0. The van der Waals surface area contributed by atoms with Crippen molar-refractivity contribution < 1.29 is 45.8 Å². The molecule has 0 spiro atoms. The summed E-state index contributed by atoms with van der Waals surface area (Å²) in [6.45, 7) is 0. The summed E-state index contributed by atoms with van der Waals surface area (Å²) < 4.78 is 87.9. The number of hydrogen-bond acceptors (Lipinski definition) is 2. The average molecular weight is 662 g/mol. The van der Waals surface area contributed by atoms with Crippen molar-refractivity contribution in [3.05, 3.63) is 119 Å². The minimum Gasteiger partial charge on any atom is -0.657 e. The van der Waals surface area contributed by atoms with Gasteiger partial charge in [-0.2, -0.15) is 26.3 Å². The molecular formula is C34H18F6N4Zn. The first-order chi connectivity index (χ1) is 21.1. The fourth-order valence-corrected chi connectivity index (χ4v) is 5.47. The summed E-state index contributed by atoms with van der Waals surface area (Å²) in [5.41, 5.74) is -1.48. The molecule has 5 heterocycles. The van der Waals surface area contributed by atoms with Gasteiger partial charge < -0.3 is 9.97 Å². The van der Waals surface area contributed by atoms with Crippen LogP contribution in [0.2, 0.25) is 0 Å². The van der Waals surface area contributed by atoms with Crippen LogP contribution in [0.4, 0.5) is 26.3 Å². The number of nitrogens with zero attached hydrogens (tertiary/aromatic N) is 4. The molecular weight excluding hydrogens is 644 g/mol. The Kier molecular flexibility index (Phi) is 7.61. The number of hydrogen-bond donors (Lipinski definition) is 0. The first-order valence-corrected chi connectivity index (χ1v) is 13.4. The van der Waals surface area contributed by atoms with Gasteiger partial charge in [-0.1, -0.05) is 84.9 Å². The van der Waals surface area contributed by atoms with Crippen molar-refractivity contribution in [1.82, 2.24) is 19.9 Å². The predicted octanol–water partition coefficient (Wildman–Crippen LogP) is 9.28. The van der Waals surface area contributed by atoms with Gasteiger partial charge >= 0.3 is 31.8 Å². The third kappa shape index (κ3) is 5.53. The molecule has 7 rings (SSSR count). The van der Waals surface area contributed by atoms with Crippen LogP contribution in [0.1, 0.15) is 33.9 Å². The van der Waals surface area contributed by atoms with Crippen LogP contribution in [0, 0.1) is 0 Å². The molecule has 8 bridgehead atoms. The number of aromatic nitrogens is 4. The van der Waals surface area contributed by atoms with E-state index in [1.807, 2.05) is 0 Å². The smallest absolute Gasteiger partial charge is 0.657 e. The van der Waals surface area contributed by atoms with E-state index in [1.54, 1.807) is 60.7 Å². The number of rotatable bonds is 2. The van der Waals surface area contributed by atoms with Gasteiger partial charge in [0.1, 0.15) is 5.56 Å². The second kappa shape index (κ2) is 11.3. The Hall–Kier alpha value is -4.76. The molecule has 2 aliphatic heterocycles. The third-order valence-corrected chi connectivity index (χ3v) is 7.30. The Morgan fingerprint density at radius 3 is 1.16 bits per heavy atom. The van der Waals surface area contributed by atoms with E-state index in [1.165, 1.54) is 48.6 Å². The topological polar surface area (TPSA) is 54.0 Å². The average Bonchev–Trinajstić information content (AvgIpc) is 3.79. The molecule has 218 valence electrons. The van der Waals surface area contributed by atoms with Crippen LogP contribution >= 0.6 is 0 Å². The van der Waals surface area contributed by atoms with Crippen LogP contribution in [0.5, 0.6) is 0 Å². The van der Waals surface area contributed by atoms with Crippen molar-refractivity contribution in [2.75, 3.05) is 0 Å². The largest absolute Gasteiger partial charge is 2.00 e. The molecule has 11 heteroatoms. The van der Waals surface area contributed by atoms with Gasteiger partial charge in [0.15, 0.2) is 0 Å². The molecule has 0 atom stereocenters. The molecule has 0 radical (unpaired) electrons. The summed E-state index contributed by atoms with van der Waals surface area (Å²) in [7, 11) is 0. The fraction of sp³-hybridized carbons (Fsp3) is 0.0588. The number of benzene rings is 2. The van der Waals surface area contributed by atoms with Gasteiger partial charge in [-0.3, -0.25) is 0 Å². The van der Waals surface area contributed by atoms with E-state index >= 15 is 0 Å². The molecule has 0 amide bonds. The third-order valence-electron chi connectivity index (χ3n) is 7.30. The van der Waals surface area contributed by atoms with Crippen LogP contribution < -0.4 is 9.97 Å². The molecule has 2 aromatic carbocycles. The maximum atomic E-state index is 14.7. The maximum Gasteiger partial charge on any atom is 2.00 e. The van der Waals surface area contributed by atoms with Gasteiger partial charge in [-0.15, -0.1) is 22.1 Å². The Labute approximate surface area is 265 Å². The summed E-state index contributed by atoms with van der Waals surface area (Å²) in [5.74, 6) is 0. The van der Waals surface area contributed by atoms with Gasteiger partial charge in [0.25, 0.3) is 0 Å². The quantitative estimate of drug-likeness (QED) is 0.137. The standard InChI is InChI=1S/C34H18F6N4.Zn/c35-33(36,37)31-25-15-11-21(41-25)29(19-7-3-1-4-8-19)22-12-16-26(42-22)32(34(38,39)40)28-18-14-24(44-28)30(20-9-5-2-6-10-20)23-13-17-27(31)43-23;/h1-18H;/q-2;+2. The van der Waals surface area contributed by atoms with E-state index in [4.69, 9.17) is 0 Å². The molecule has 3 aromatic heterocycles. The summed E-state index contributed by atoms with van der Waals surface area (Å²) in [6, 6.07) is 22.4. The van der Waals surface area contributed by atoms with Gasteiger partial charge in [0.2, 0.25) is 0 Å². The molecule has 0 saturated heterocycles. The number of fused-ring (bicyclic) bond motifs is 8. The SMILES string of the molecule is FC(F)(F)c1c2nc(c(-c3ccccc3)c3ccc([n-]3)c(C(F)(F)F)c3ccc([n-]3)c(-c3ccccc3)c3nc1C=C3)C=C2.[Zn+2]. The van der Waals surface area contributed by atoms with E-state index in [-0.39, 0.29) is 75.4 Å². The fourth-order valence-electron chi connectivity index (χ4n) is 5.47.